The van der Waals surface area contributed by atoms with Crippen molar-refractivity contribution in [3.05, 3.63) is 47.8 Å². The summed E-state index contributed by atoms with van der Waals surface area (Å²) in [5, 5.41) is 13.2. The van der Waals surface area contributed by atoms with Crippen molar-refractivity contribution in [1.82, 2.24) is 44.9 Å². The highest BCUT2D eigenvalue weighted by molar-refractivity contribution is 5.94. The van der Waals surface area contributed by atoms with Gasteiger partial charge in [-0.25, -0.2) is 9.48 Å². The predicted molar refractivity (Wildman–Crippen MR) is 194 cm³/mol. The first-order valence-corrected chi connectivity index (χ1v) is 18.9. The summed E-state index contributed by atoms with van der Waals surface area (Å²) < 4.78 is 8.24. The molecule has 0 saturated carbocycles. The van der Waals surface area contributed by atoms with Crippen LogP contribution in [0.15, 0.2) is 42.3 Å². The van der Waals surface area contributed by atoms with Crippen LogP contribution < -0.4 is 15.5 Å². The standard InChI is InChI=1S/C37H54N10O3/c1-4-33(48)42-19-21-45(22-20-42)37(44-17-13-38-14-18-44)30-12-16-43(26-32(30)46(36(49)40-37)25-28-8-7-15-41(28)3)35-27(2)10-11-31-29(35)24-39-47(31)34-9-5-6-23-50-34/h4,10-11,24,28,34,38H,1,5-9,12-23,25-26H2,2-3H3,(H,40,49). The van der Waals surface area contributed by atoms with Crippen molar-refractivity contribution in [2.75, 3.05) is 97.1 Å². The fourth-order valence-electron chi connectivity index (χ4n) is 9.48. The fourth-order valence-corrected chi connectivity index (χ4v) is 9.48. The van der Waals surface area contributed by atoms with Gasteiger partial charge < -0.3 is 30.1 Å². The number of likely N-dealkylation sites (tertiary alicyclic amines) is 1. The number of fused-ring (bicyclic) bond motifs is 1. The molecule has 0 bridgehead atoms. The van der Waals surface area contributed by atoms with Crippen molar-refractivity contribution in [1.29, 1.82) is 0 Å². The third-order valence-corrected chi connectivity index (χ3v) is 12.2. The van der Waals surface area contributed by atoms with E-state index in [4.69, 9.17) is 9.84 Å². The maximum absolute atomic E-state index is 14.7. The van der Waals surface area contributed by atoms with Gasteiger partial charge in [0.2, 0.25) is 5.91 Å². The van der Waals surface area contributed by atoms with Crippen molar-refractivity contribution in [2.24, 2.45) is 0 Å². The molecule has 2 aromatic rings. The first-order valence-electron chi connectivity index (χ1n) is 18.9. The first kappa shape index (κ1) is 33.6. The molecule has 7 heterocycles. The first-order chi connectivity index (χ1) is 24.4. The second-order valence-electron chi connectivity index (χ2n) is 14.9. The van der Waals surface area contributed by atoms with E-state index >= 15 is 0 Å². The SMILES string of the molecule is C=CC(=O)N1CCN(C2(N3CCNCC3)NC(=O)N(CC3CCCN3C)C3=C2CCN(c2c(C)ccc4c2cnn4C2CCCCO2)C3)CC1. The molecule has 0 radical (unpaired) electrons. The topological polar surface area (TPSA) is 105 Å². The Balaban J connectivity index is 1.21. The molecule has 3 unspecified atom stereocenters. The Labute approximate surface area is 295 Å². The number of aromatic nitrogens is 2. The largest absolute Gasteiger partial charge is 0.365 e. The van der Waals surface area contributed by atoms with Crippen LogP contribution in [-0.2, 0) is 9.53 Å². The molecule has 1 aromatic carbocycles. The molecule has 4 saturated heterocycles. The number of hydrogen-bond donors (Lipinski definition) is 2. The number of carbonyl (C=O) groups is 2. The van der Waals surface area contributed by atoms with Gasteiger partial charge in [0.15, 0.2) is 12.0 Å². The van der Waals surface area contributed by atoms with Gasteiger partial charge in [0.25, 0.3) is 0 Å². The number of benzene rings is 1. The second-order valence-corrected chi connectivity index (χ2v) is 14.9. The Morgan fingerprint density at radius 3 is 2.56 bits per heavy atom. The Morgan fingerprint density at radius 1 is 1.04 bits per heavy atom. The van der Waals surface area contributed by atoms with E-state index in [1.807, 2.05) is 11.1 Å². The Kier molecular flexibility index (Phi) is 9.36. The van der Waals surface area contributed by atoms with Gasteiger partial charge >= 0.3 is 6.03 Å². The minimum absolute atomic E-state index is 0.0220. The van der Waals surface area contributed by atoms with Gasteiger partial charge in [-0.05, 0) is 76.7 Å². The number of urea groups is 1. The summed E-state index contributed by atoms with van der Waals surface area (Å²) in [4.78, 5) is 41.1. The Bertz CT molecular complexity index is 1640. The zero-order chi connectivity index (χ0) is 34.4. The number of anilines is 1. The summed E-state index contributed by atoms with van der Waals surface area (Å²) in [6.07, 6.45) is 9.69. The number of piperazine rings is 2. The number of carbonyl (C=O) groups excluding carboxylic acids is 2. The van der Waals surface area contributed by atoms with E-state index in [1.54, 1.807) is 0 Å². The van der Waals surface area contributed by atoms with Gasteiger partial charge in [-0.3, -0.25) is 19.5 Å². The maximum atomic E-state index is 14.7. The second kappa shape index (κ2) is 13.9. The van der Waals surface area contributed by atoms with Gasteiger partial charge in [0.1, 0.15) is 0 Å². The molecule has 8 rings (SSSR count). The van der Waals surface area contributed by atoms with Crippen molar-refractivity contribution in [2.45, 2.75) is 63.5 Å². The minimum Gasteiger partial charge on any atom is -0.365 e. The lowest BCUT2D eigenvalue weighted by Gasteiger charge is -2.59. The van der Waals surface area contributed by atoms with Crippen LogP contribution in [0.3, 0.4) is 0 Å². The van der Waals surface area contributed by atoms with Crippen LogP contribution in [0.5, 0.6) is 0 Å². The normalized spacial score (nSPS) is 29.1. The molecule has 0 spiro atoms. The molecule has 6 aliphatic heterocycles. The average molecular weight is 687 g/mol. The molecule has 270 valence electrons. The Morgan fingerprint density at radius 2 is 1.84 bits per heavy atom. The van der Waals surface area contributed by atoms with E-state index in [0.717, 1.165) is 101 Å². The molecule has 4 fully saturated rings. The highest BCUT2D eigenvalue weighted by Crippen LogP contribution is 2.43. The summed E-state index contributed by atoms with van der Waals surface area (Å²) in [7, 11) is 2.19. The number of hydrogen-bond acceptors (Lipinski definition) is 9. The van der Waals surface area contributed by atoms with Gasteiger partial charge in [-0.15, -0.1) is 0 Å². The smallest absolute Gasteiger partial charge is 0.324 e. The molecule has 1 aromatic heterocycles. The van der Waals surface area contributed by atoms with E-state index < -0.39 is 5.79 Å². The van der Waals surface area contributed by atoms with E-state index in [1.165, 1.54) is 22.9 Å². The summed E-state index contributed by atoms with van der Waals surface area (Å²) in [5.74, 6) is -0.775. The lowest BCUT2D eigenvalue weighted by molar-refractivity contribution is -0.132. The van der Waals surface area contributed by atoms with Gasteiger partial charge in [-0.2, -0.15) is 5.10 Å². The predicted octanol–water partition coefficient (Wildman–Crippen LogP) is 2.52. The molecular formula is C37H54N10O3. The average Bonchev–Trinajstić information content (AvgIpc) is 3.78. The van der Waals surface area contributed by atoms with Crippen LogP contribution in [0.2, 0.25) is 0 Å². The summed E-state index contributed by atoms with van der Waals surface area (Å²) in [6.45, 7) is 15.9. The monoisotopic (exact) mass is 686 g/mol. The summed E-state index contributed by atoms with van der Waals surface area (Å²) in [6, 6.07) is 4.71. The van der Waals surface area contributed by atoms with Crippen LogP contribution in [0.4, 0.5) is 10.5 Å². The van der Waals surface area contributed by atoms with E-state index in [-0.39, 0.29) is 18.2 Å². The lowest BCUT2D eigenvalue weighted by Crippen LogP contribution is -2.79. The quantitative estimate of drug-likeness (QED) is 0.426. The van der Waals surface area contributed by atoms with E-state index in [2.05, 4.69) is 72.5 Å². The van der Waals surface area contributed by atoms with Crippen molar-refractivity contribution in [3.63, 3.8) is 0 Å². The highest BCUT2D eigenvalue weighted by Gasteiger charge is 2.54. The van der Waals surface area contributed by atoms with Crippen LogP contribution in [0.1, 0.15) is 50.3 Å². The summed E-state index contributed by atoms with van der Waals surface area (Å²) >= 11 is 0. The summed E-state index contributed by atoms with van der Waals surface area (Å²) in [5.41, 5.74) is 5.94. The van der Waals surface area contributed by atoms with Crippen molar-refractivity contribution >= 4 is 28.5 Å². The number of ether oxygens (including phenoxy) is 1. The Hall–Kier alpha value is -3.49. The van der Waals surface area contributed by atoms with Crippen molar-refractivity contribution in [3.8, 4) is 0 Å². The molecule has 0 aliphatic carbocycles. The van der Waals surface area contributed by atoms with Crippen LogP contribution >= 0.6 is 0 Å². The molecule has 2 N–H and O–H groups in total. The van der Waals surface area contributed by atoms with Crippen molar-refractivity contribution < 1.29 is 14.3 Å². The van der Waals surface area contributed by atoms with E-state index in [9.17, 15) is 9.59 Å². The fraction of sp³-hybridized carbons (Fsp3) is 0.649. The third kappa shape index (κ3) is 5.80. The van der Waals surface area contributed by atoms with E-state index in [0.29, 0.717) is 45.3 Å². The van der Waals surface area contributed by atoms with Gasteiger partial charge in [-0.1, -0.05) is 12.6 Å². The number of amides is 3. The van der Waals surface area contributed by atoms with Crippen LogP contribution in [-0.4, -0.2) is 150 Å². The zero-order valence-electron chi connectivity index (χ0n) is 29.9. The van der Waals surface area contributed by atoms with Gasteiger partial charge in [0, 0.05) is 94.8 Å². The molecule has 6 aliphatic rings. The third-order valence-electron chi connectivity index (χ3n) is 12.2. The molecule has 50 heavy (non-hydrogen) atoms. The zero-order valence-corrected chi connectivity index (χ0v) is 29.9. The lowest BCUT2D eigenvalue weighted by atomic mass is 9.90. The molecule has 13 heteroatoms. The number of nitrogens with zero attached hydrogens (tertiary/aromatic N) is 8. The number of aryl methyl sites for hydroxylation is 1. The van der Waals surface area contributed by atoms with Crippen LogP contribution in [0.25, 0.3) is 10.9 Å². The minimum atomic E-state index is -0.744. The molecule has 3 atom stereocenters. The molecule has 13 nitrogen and oxygen atoms in total. The number of rotatable bonds is 7. The highest BCUT2D eigenvalue weighted by atomic mass is 16.5. The molecular weight excluding hydrogens is 632 g/mol. The maximum Gasteiger partial charge on any atom is 0.324 e. The van der Waals surface area contributed by atoms with Crippen LogP contribution in [0, 0.1) is 6.92 Å². The number of likely N-dealkylation sites (N-methyl/N-ethyl adjacent to an activating group) is 1. The van der Waals surface area contributed by atoms with Gasteiger partial charge in [0.05, 0.1) is 23.9 Å². The molecule has 3 amide bonds. The number of nitrogens with one attached hydrogen (secondary N) is 2.